The van der Waals surface area contributed by atoms with E-state index in [2.05, 4.69) is 48.4 Å². The molecule has 0 unspecified atom stereocenters. The molecule has 0 saturated carbocycles. The third-order valence-corrected chi connectivity index (χ3v) is 4.98. The summed E-state index contributed by atoms with van der Waals surface area (Å²) in [5, 5.41) is 11.7. The normalized spacial score (nSPS) is 15.5. The first-order chi connectivity index (χ1) is 12.6. The highest BCUT2D eigenvalue weighted by Gasteiger charge is 2.19. The number of nitrogens with one attached hydrogen (secondary N) is 1. The number of rotatable bonds is 4. The monoisotopic (exact) mass is 418 g/mol. The van der Waals surface area contributed by atoms with Crippen molar-refractivity contribution in [1.82, 2.24) is 34.2 Å². The predicted octanol–water partition coefficient (Wildman–Crippen LogP) is 1.21. The molecule has 4 heterocycles. The van der Waals surface area contributed by atoms with Crippen LogP contribution in [0.2, 0.25) is 0 Å². The lowest BCUT2D eigenvalue weighted by Crippen LogP contribution is -2.48. The number of hydrogen-bond donors (Lipinski definition) is 1. The second-order valence-corrected chi connectivity index (χ2v) is 7.15. The molecule has 1 saturated heterocycles. The van der Waals surface area contributed by atoms with Crippen LogP contribution in [0.25, 0.3) is 5.65 Å². The summed E-state index contributed by atoms with van der Waals surface area (Å²) >= 11 is 3.46. The number of nitrogens with zero attached hydrogens (tertiary/aromatic N) is 7. The summed E-state index contributed by atoms with van der Waals surface area (Å²) in [5.74, 6) is 0.560. The number of halogens is 1. The number of aromatic nitrogens is 5. The zero-order valence-corrected chi connectivity index (χ0v) is 15.9. The minimum Gasteiger partial charge on any atom is -0.339 e. The number of amides is 1. The summed E-state index contributed by atoms with van der Waals surface area (Å²) in [4.78, 5) is 20.9. The fourth-order valence-electron chi connectivity index (χ4n) is 2.86. The van der Waals surface area contributed by atoms with Gasteiger partial charge in [0.1, 0.15) is 6.54 Å². The number of pyridine rings is 1. The fourth-order valence-corrected chi connectivity index (χ4v) is 3.29. The number of piperazine rings is 1. The van der Waals surface area contributed by atoms with E-state index in [1.165, 1.54) is 0 Å². The minimum absolute atomic E-state index is 0.0857. The highest BCUT2D eigenvalue weighted by atomic mass is 79.9. The van der Waals surface area contributed by atoms with Crippen molar-refractivity contribution in [2.75, 3.05) is 38.5 Å². The SMILES string of the molecule is CN1CCN(C(=O)Cn2cc(Nc3nc4c(Br)cccn4n3)cn2)CC1. The minimum atomic E-state index is 0.0857. The Morgan fingerprint density at radius 3 is 2.88 bits per heavy atom. The van der Waals surface area contributed by atoms with E-state index in [4.69, 9.17) is 0 Å². The van der Waals surface area contributed by atoms with Gasteiger partial charge in [-0.3, -0.25) is 9.48 Å². The Labute approximate surface area is 158 Å². The number of fused-ring (bicyclic) bond motifs is 1. The highest BCUT2D eigenvalue weighted by molar-refractivity contribution is 9.10. The first kappa shape index (κ1) is 17.0. The molecule has 0 spiro atoms. The Hall–Kier alpha value is -2.46. The van der Waals surface area contributed by atoms with Gasteiger partial charge in [-0.25, -0.2) is 4.52 Å². The molecule has 3 aromatic rings. The molecule has 0 atom stereocenters. The van der Waals surface area contributed by atoms with Crippen molar-refractivity contribution >= 4 is 39.1 Å². The van der Waals surface area contributed by atoms with Gasteiger partial charge >= 0.3 is 0 Å². The maximum absolute atomic E-state index is 12.4. The molecule has 1 aliphatic heterocycles. The van der Waals surface area contributed by atoms with Gasteiger partial charge in [-0.05, 0) is 35.1 Å². The Morgan fingerprint density at radius 1 is 1.31 bits per heavy atom. The van der Waals surface area contributed by atoms with Crippen LogP contribution in [0.1, 0.15) is 0 Å². The maximum atomic E-state index is 12.4. The van der Waals surface area contributed by atoms with Crippen LogP contribution in [0.4, 0.5) is 11.6 Å². The fraction of sp³-hybridized carbons (Fsp3) is 0.375. The first-order valence-electron chi connectivity index (χ1n) is 8.35. The summed E-state index contributed by atoms with van der Waals surface area (Å²) in [6, 6.07) is 3.80. The molecule has 0 aromatic carbocycles. The van der Waals surface area contributed by atoms with E-state index in [1.54, 1.807) is 21.6 Å². The number of carbonyl (C=O) groups excluding carboxylic acids is 1. The molecule has 1 fully saturated rings. The maximum Gasteiger partial charge on any atom is 0.247 e. The van der Waals surface area contributed by atoms with Crippen LogP contribution in [-0.4, -0.2) is 73.3 Å². The molecule has 136 valence electrons. The second-order valence-electron chi connectivity index (χ2n) is 6.30. The number of anilines is 2. The van der Waals surface area contributed by atoms with Crippen molar-refractivity contribution in [3.63, 3.8) is 0 Å². The molecule has 1 aliphatic rings. The van der Waals surface area contributed by atoms with Crippen LogP contribution in [0.5, 0.6) is 0 Å². The van der Waals surface area contributed by atoms with Gasteiger partial charge in [0.05, 0.1) is 16.4 Å². The quantitative estimate of drug-likeness (QED) is 0.685. The van der Waals surface area contributed by atoms with E-state index in [0.717, 1.165) is 42.0 Å². The van der Waals surface area contributed by atoms with E-state index in [-0.39, 0.29) is 12.5 Å². The lowest BCUT2D eigenvalue weighted by molar-refractivity contribution is -0.133. The van der Waals surface area contributed by atoms with Gasteiger partial charge in [0.25, 0.3) is 0 Å². The zero-order chi connectivity index (χ0) is 18.1. The van der Waals surface area contributed by atoms with Gasteiger partial charge in [0.15, 0.2) is 5.65 Å². The highest BCUT2D eigenvalue weighted by Crippen LogP contribution is 2.19. The summed E-state index contributed by atoms with van der Waals surface area (Å²) in [5.41, 5.74) is 1.47. The van der Waals surface area contributed by atoms with Crippen LogP contribution in [0.3, 0.4) is 0 Å². The van der Waals surface area contributed by atoms with Gasteiger partial charge in [-0.2, -0.15) is 10.1 Å². The van der Waals surface area contributed by atoms with Crippen LogP contribution >= 0.6 is 15.9 Å². The van der Waals surface area contributed by atoms with Gasteiger partial charge in [0, 0.05) is 38.6 Å². The van der Waals surface area contributed by atoms with E-state index >= 15 is 0 Å². The van der Waals surface area contributed by atoms with Gasteiger partial charge in [-0.15, -0.1) is 5.10 Å². The summed E-state index contributed by atoms with van der Waals surface area (Å²) in [6.45, 7) is 3.58. The molecule has 4 rings (SSSR count). The van der Waals surface area contributed by atoms with Crippen LogP contribution in [0.15, 0.2) is 35.2 Å². The van der Waals surface area contributed by atoms with Gasteiger partial charge in [-0.1, -0.05) is 0 Å². The lowest BCUT2D eigenvalue weighted by Gasteiger charge is -2.32. The number of hydrogen-bond acceptors (Lipinski definition) is 6. The molecule has 1 N–H and O–H groups in total. The molecule has 1 amide bonds. The average Bonchev–Trinajstić information content (AvgIpc) is 3.23. The Bertz CT molecular complexity index is 927. The van der Waals surface area contributed by atoms with E-state index in [0.29, 0.717) is 5.95 Å². The molecule has 0 radical (unpaired) electrons. The average molecular weight is 419 g/mol. The molecule has 9 nitrogen and oxygen atoms in total. The molecular weight excluding hydrogens is 400 g/mol. The van der Waals surface area contributed by atoms with E-state index in [9.17, 15) is 4.79 Å². The van der Waals surface area contributed by atoms with Crippen LogP contribution in [-0.2, 0) is 11.3 Å². The summed E-state index contributed by atoms with van der Waals surface area (Å²) in [7, 11) is 2.07. The number of likely N-dealkylation sites (N-methyl/N-ethyl adjacent to an activating group) is 1. The standard InChI is InChI=1S/C16H19BrN8O/c1-22-5-7-23(8-6-22)14(26)11-24-10-12(9-18-24)19-16-20-15-13(17)3-2-4-25(15)21-16/h2-4,9-10H,5-8,11H2,1H3,(H,19,21). The van der Waals surface area contributed by atoms with Crippen molar-refractivity contribution < 1.29 is 4.79 Å². The molecule has 10 heteroatoms. The van der Waals surface area contributed by atoms with Crippen molar-refractivity contribution in [3.8, 4) is 0 Å². The molecule has 3 aromatic heterocycles. The van der Waals surface area contributed by atoms with Crippen LogP contribution in [0, 0.1) is 0 Å². The van der Waals surface area contributed by atoms with Crippen molar-refractivity contribution in [3.05, 3.63) is 35.2 Å². The number of carbonyl (C=O) groups is 1. The van der Waals surface area contributed by atoms with Crippen molar-refractivity contribution in [2.45, 2.75) is 6.54 Å². The Balaban J connectivity index is 1.41. The molecule has 0 aliphatic carbocycles. The molecule has 26 heavy (non-hydrogen) atoms. The zero-order valence-electron chi connectivity index (χ0n) is 14.3. The van der Waals surface area contributed by atoms with Crippen LogP contribution < -0.4 is 5.32 Å². The lowest BCUT2D eigenvalue weighted by atomic mass is 10.3. The van der Waals surface area contributed by atoms with E-state index in [1.807, 2.05) is 23.2 Å². The molecule has 0 bridgehead atoms. The first-order valence-corrected chi connectivity index (χ1v) is 9.14. The van der Waals surface area contributed by atoms with Crippen molar-refractivity contribution in [1.29, 1.82) is 0 Å². The summed E-state index contributed by atoms with van der Waals surface area (Å²) in [6.07, 6.45) is 5.28. The van der Waals surface area contributed by atoms with Gasteiger partial charge < -0.3 is 15.1 Å². The largest absolute Gasteiger partial charge is 0.339 e. The third-order valence-electron chi connectivity index (χ3n) is 4.36. The summed E-state index contributed by atoms with van der Waals surface area (Å²) < 4.78 is 4.19. The Morgan fingerprint density at radius 2 is 2.12 bits per heavy atom. The predicted molar refractivity (Wildman–Crippen MR) is 100 cm³/mol. The Kier molecular flexibility index (Phi) is 4.60. The second kappa shape index (κ2) is 7.04. The third kappa shape index (κ3) is 3.56. The van der Waals surface area contributed by atoms with E-state index < -0.39 is 0 Å². The smallest absolute Gasteiger partial charge is 0.247 e. The van der Waals surface area contributed by atoms with Crippen molar-refractivity contribution in [2.24, 2.45) is 0 Å². The topological polar surface area (TPSA) is 83.6 Å². The molecular formula is C16H19BrN8O. The van der Waals surface area contributed by atoms with Gasteiger partial charge in [0.2, 0.25) is 11.9 Å².